The van der Waals surface area contributed by atoms with E-state index >= 15 is 0 Å². The Bertz CT molecular complexity index is 478. The molecule has 14 heavy (non-hydrogen) atoms. The van der Waals surface area contributed by atoms with E-state index in [2.05, 4.69) is 11.1 Å². The van der Waals surface area contributed by atoms with Crippen molar-refractivity contribution in [2.45, 2.75) is 12.5 Å². The first-order valence-electron chi connectivity index (χ1n) is 4.51. The van der Waals surface area contributed by atoms with Crippen LogP contribution in [0.2, 0.25) is 0 Å². The molecule has 1 atom stereocenters. The van der Waals surface area contributed by atoms with Crippen molar-refractivity contribution in [3.8, 4) is 6.07 Å². The number of hydrogen-bond donors (Lipinski definition) is 2. The highest BCUT2D eigenvalue weighted by molar-refractivity contribution is 5.82. The molecule has 3 heteroatoms. The minimum absolute atomic E-state index is 0.206. The van der Waals surface area contributed by atoms with E-state index in [0.29, 0.717) is 6.42 Å². The van der Waals surface area contributed by atoms with Crippen LogP contribution in [0.4, 0.5) is 0 Å². The molecule has 0 radical (unpaired) electrons. The fourth-order valence-electron chi connectivity index (χ4n) is 1.63. The van der Waals surface area contributed by atoms with Gasteiger partial charge in [-0.1, -0.05) is 18.2 Å². The van der Waals surface area contributed by atoms with E-state index in [-0.39, 0.29) is 6.04 Å². The molecule has 0 bridgehead atoms. The highest BCUT2D eigenvalue weighted by atomic mass is 14.7. The van der Waals surface area contributed by atoms with Crippen LogP contribution in [-0.4, -0.2) is 4.98 Å². The maximum Gasteiger partial charge on any atom is 0.0641 e. The molecule has 0 aliphatic carbocycles. The standard InChI is InChI=1S/C11H11N3/c12-6-4-10(13)9-3-1-2-8-5-7-14-11(8)9/h1-3,5,7,10,14H,4,13H2/t10-/m1/s1. The molecule has 3 nitrogen and oxygen atoms in total. The van der Waals surface area contributed by atoms with Crippen molar-refractivity contribution in [2.24, 2.45) is 5.73 Å². The lowest BCUT2D eigenvalue weighted by molar-refractivity contribution is 0.754. The largest absolute Gasteiger partial charge is 0.361 e. The molecule has 1 aromatic heterocycles. The second kappa shape index (κ2) is 3.52. The summed E-state index contributed by atoms with van der Waals surface area (Å²) in [7, 11) is 0. The maximum atomic E-state index is 8.58. The number of hydrogen-bond acceptors (Lipinski definition) is 2. The number of nitrogens with one attached hydrogen (secondary N) is 1. The average molecular weight is 185 g/mol. The Balaban J connectivity index is 2.51. The molecule has 0 fully saturated rings. The van der Waals surface area contributed by atoms with Crippen LogP contribution < -0.4 is 5.73 Å². The predicted molar refractivity (Wildman–Crippen MR) is 55.5 cm³/mol. The third-order valence-electron chi connectivity index (χ3n) is 2.33. The molecule has 0 amide bonds. The molecule has 0 aliphatic heterocycles. The Morgan fingerprint density at radius 3 is 3.07 bits per heavy atom. The molecule has 0 saturated carbocycles. The summed E-state index contributed by atoms with van der Waals surface area (Å²) < 4.78 is 0. The van der Waals surface area contributed by atoms with E-state index < -0.39 is 0 Å². The Hall–Kier alpha value is -1.79. The Morgan fingerprint density at radius 2 is 2.29 bits per heavy atom. The summed E-state index contributed by atoms with van der Waals surface area (Å²) in [5, 5.41) is 9.72. The van der Waals surface area contributed by atoms with Crippen molar-refractivity contribution < 1.29 is 0 Å². The van der Waals surface area contributed by atoms with Crippen LogP contribution >= 0.6 is 0 Å². The van der Waals surface area contributed by atoms with Gasteiger partial charge in [-0.25, -0.2) is 0 Å². The van der Waals surface area contributed by atoms with E-state index in [4.69, 9.17) is 11.0 Å². The van der Waals surface area contributed by atoms with Crippen molar-refractivity contribution in [3.05, 3.63) is 36.0 Å². The monoisotopic (exact) mass is 185 g/mol. The number of benzene rings is 1. The van der Waals surface area contributed by atoms with Crippen LogP contribution in [0.5, 0.6) is 0 Å². The van der Waals surface area contributed by atoms with E-state index in [1.54, 1.807) is 0 Å². The molecule has 2 rings (SSSR count). The van der Waals surface area contributed by atoms with Crippen molar-refractivity contribution in [1.29, 1.82) is 5.26 Å². The minimum atomic E-state index is -0.206. The Morgan fingerprint density at radius 1 is 1.43 bits per heavy atom. The number of fused-ring (bicyclic) bond motifs is 1. The normalized spacial score (nSPS) is 12.6. The summed E-state index contributed by atoms with van der Waals surface area (Å²) in [6, 6.07) is 9.82. The molecular weight excluding hydrogens is 174 g/mol. The molecule has 3 N–H and O–H groups in total. The number of nitrogens with two attached hydrogens (primary N) is 1. The molecule has 1 aromatic carbocycles. The van der Waals surface area contributed by atoms with Gasteiger partial charge in [-0.15, -0.1) is 0 Å². The summed E-state index contributed by atoms with van der Waals surface area (Å²) in [4.78, 5) is 3.14. The Kier molecular flexibility index (Phi) is 2.21. The molecule has 0 aliphatic rings. The van der Waals surface area contributed by atoms with E-state index in [0.717, 1.165) is 16.5 Å². The first-order chi connectivity index (χ1) is 6.83. The lowest BCUT2D eigenvalue weighted by Crippen LogP contribution is -2.09. The summed E-state index contributed by atoms with van der Waals surface area (Å²) in [5.74, 6) is 0. The molecule has 0 spiro atoms. The van der Waals surface area contributed by atoms with Gasteiger partial charge in [0.1, 0.15) is 0 Å². The molecule has 70 valence electrons. The van der Waals surface area contributed by atoms with Crippen LogP contribution in [0.3, 0.4) is 0 Å². The van der Waals surface area contributed by atoms with Crippen LogP contribution in [0.1, 0.15) is 18.0 Å². The van der Waals surface area contributed by atoms with Gasteiger partial charge in [-0.05, 0) is 17.0 Å². The summed E-state index contributed by atoms with van der Waals surface area (Å²) in [5.41, 5.74) is 7.93. The number of aromatic amines is 1. The number of nitriles is 1. The van der Waals surface area contributed by atoms with E-state index in [9.17, 15) is 0 Å². The molecular formula is C11H11N3. The topological polar surface area (TPSA) is 65.6 Å². The molecule has 1 heterocycles. The number of aromatic nitrogens is 1. The van der Waals surface area contributed by atoms with Gasteiger partial charge in [0.2, 0.25) is 0 Å². The molecule has 0 saturated heterocycles. The van der Waals surface area contributed by atoms with Gasteiger partial charge in [-0.2, -0.15) is 5.26 Å². The summed E-state index contributed by atoms with van der Waals surface area (Å²) >= 11 is 0. The number of H-pyrrole nitrogens is 1. The van der Waals surface area contributed by atoms with Crippen molar-refractivity contribution >= 4 is 10.9 Å². The number of para-hydroxylation sites is 1. The van der Waals surface area contributed by atoms with Crippen molar-refractivity contribution in [3.63, 3.8) is 0 Å². The van der Waals surface area contributed by atoms with Gasteiger partial charge < -0.3 is 10.7 Å². The predicted octanol–water partition coefficient (Wildman–Crippen LogP) is 2.08. The highest BCUT2D eigenvalue weighted by Crippen LogP contribution is 2.23. The first-order valence-corrected chi connectivity index (χ1v) is 4.51. The molecule has 2 aromatic rings. The first kappa shape index (κ1) is 8.79. The SMILES string of the molecule is N#CC[C@@H](N)c1cccc2cc[nH]c12. The van der Waals surface area contributed by atoms with Crippen LogP contribution in [0, 0.1) is 11.3 Å². The zero-order chi connectivity index (χ0) is 9.97. The van der Waals surface area contributed by atoms with Gasteiger partial charge in [0.25, 0.3) is 0 Å². The summed E-state index contributed by atoms with van der Waals surface area (Å²) in [6.45, 7) is 0. The van der Waals surface area contributed by atoms with Crippen LogP contribution in [0.25, 0.3) is 10.9 Å². The van der Waals surface area contributed by atoms with Gasteiger partial charge >= 0.3 is 0 Å². The smallest absolute Gasteiger partial charge is 0.0641 e. The average Bonchev–Trinajstić information content (AvgIpc) is 2.65. The fraction of sp³-hybridized carbons (Fsp3) is 0.182. The third kappa shape index (κ3) is 1.36. The third-order valence-corrected chi connectivity index (χ3v) is 2.33. The lowest BCUT2D eigenvalue weighted by Gasteiger charge is -2.08. The second-order valence-corrected chi connectivity index (χ2v) is 3.26. The quantitative estimate of drug-likeness (QED) is 0.752. The van der Waals surface area contributed by atoms with E-state index in [1.807, 2.05) is 30.5 Å². The van der Waals surface area contributed by atoms with Gasteiger partial charge in [0.05, 0.1) is 18.0 Å². The minimum Gasteiger partial charge on any atom is -0.361 e. The number of rotatable bonds is 2. The number of nitrogens with zero attached hydrogens (tertiary/aromatic N) is 1. The zero-order valence-electron chi connectivity index (χ0n) is 7.70. The van der Waals surface area contributed by atoms with Gasteiger partial charge in [0, 0.05) is 12.2 Å². The highest BCUT2D eigenvalue weighted by Gasteiger charge is 2.09. The van der Waals surface area contributed by atoms with Gasteiger partial charge in [0.15, 0.2) is 0 Å². The van der Waals surface area contributed by atoms with Gasteiger partial charge in [-0.3, -0.25) is 0 Å². The summed E-state index contributed by atoms with van der Waals surface area (Å²) in [6.07, 6.45) is 2.23. The fourth-order valence-corrected chi connectivity index (χ4v) is 1.63. The van der Waals surface area contributed by atoms with Crippen LogP contribution in [-0.2, 0) is 0 Å². The lowest BCUT2D eigenvalue weighted by atomic mass is 10.0. The second-order valence-electron chi connectivity index (χ2n) is 3.26. The van der Waals surface area contributed by atoms with Crippen molar-refractivity contribution in [1.82, 2.24) is 4.98 Å². The molecule has 0 unspecified atom stereocenters. The van der Waals surface area contributed by atoms with Crippen molar-refractivity contribution in [2.75, 3.05) is 0 Å². The Labute approximate surface area is 82.1 Å². The maximum absolute atomic E-state index is 8.58. The van der Waals surface area contributed by atoms with E-state index in [1.165, 1.54) is 0 Å². The van der Waals surface area contributed by atoms with Crippen LogP contribution in [0.15, 0.2) is 30.5 Å². The zero-order valence-corrected chi connectivity index (χ0v) is 7.70.